The first-order valence-electron chi connectivity index (χ1n) is 5.42. The van der Waals surface area contributed by atoms with Gasteiger partial charge < -0.3 is 9.84 Å². The lowest BCUT2D eigenvalue weighted by molar-refractivity contribution is 0.170. The van der Waals surface area contributed by atoms with Crippen molar-refractivity contribution in [3.63, 3.8) is 0 Å². The Bertz CT molecular complexity index is 392. The molecule has 0 aromatic heterocycles. The lowest BCUT2D eigenvalue weighted by Crippen LogP contribution is -2.08. The fraction of sp³-hybridized carbons (Fsp3) is 0.385. The average Bonchev–Trinajstić information content (AvgIpc) is 2.28. The number of rotatable bonds is 2. The van der Waals surface area contributed by atoms with Crippen molar-refractivity contribution in [2.45, 2.75) is 25.9 Å². The molecule has 0 fully saturated rings. The Labute approximate surface area is 104 Å². The zero-order chi connectivity index (χ0) is 11.5. The third kappa shape index (κ3) is 2.66. The number of benzene rings is 1. The van der Waals surface area contributed by atoms with Gasteiger partial charge in [0, 0.05) is 4.47 Å². The van der Waals surface area contributed by atoms with E-state index in [0.29, 0.717) is 0 Å². The molecule has 2 nitrogen and oxygen atoms in total. The minimum absolute atomic E-state index is 0.545. The average molecular weight is 283 g/mol. The van der Waals surface area contributed by atoms with Crippen LogP contribution >= 0.6 is 15.9 Å². The van der Waals surface area contributed by atoms with Gasteiger partial charge in [-0.3, -0.25) is 0 Å². The smallest absolute Gasteiger partial charge is 0.103 e. The molecule has 0 aliphatic carbocycles. The highest BCUT2D eigenvalue weighted by Gasteiger charge is 2.16. The van der Waals surface area contributed by atoms with Gasteiger partial charge in [0.15, 0.2) is 0 Å². The summed E-state index contributed by atoms with van der Waals surface area (Å²) in [6.07, 6.45) is 3.05. The van der Waals surface area contributed by atoms with Gasteiger partial charge in [-0.2, -0.15) is 0 Å². The second-order valence-corrected chi connectivity index (χ2v) is 5.05. The SMILES string of the molecule is Cc1cc(Br)cc(C(O)C2=COCCC2)c1. The second kappa shape index (κ2) is 5.02. The van der Waals surface area contributed by atoms with Crippen LogP contribution in [0.25, 0.3) is 0 Å². The van der Waals surface area contributed by atoms with Gasteiger partial charge in [-0.05, 0) is 48.6 Å². The maximum Gasteiger partial charge on any atom is 0.103 e. The molecule has 1 aromatic carbocycles. The predicted molar refractivity (Wildman–Crippen MR) is 67.1 cm³/mol. The van der Waals surface area contributed by atoms with Gasteiger partial charge in [0.25, 0.3) is 0 Å². The van der Waals surface area contributed by atoms with E-state index in [0.717, 1.165) is 40.6 Å². The normalized spacial score (nSPS) is 17.6. The lowest BCUT2D eigenvalue weighted by atomic mass is 9.97. The van der Waals surface area contributed by atoms with E-state index in [1.165, 1.54) is 0 Å². The zero-order valence-corrected chi connectivity index (χ0v) is 10.8. The van der Waals surface area contributed by atoms with Crippen LogP contribution in [0.4, 0.5) is 0 Å². The second-order valence-electron chi connectivity index (χ2n) is 4.13. The quantitative estimate of drug-likeness (QED) is 0.900. The van der Waals surface area contributed by atoms with Crippen LogP contribution in [-0.4, -0.2) is 11.7 Å². The number of hydrogen-bond acceptors (Lipinski definition) is 2. The van der Waals surface area contributed by atoms with Crippen LogP contribution < -0.4 is 0 Å². The van der Waals surface area contributed by atoms with Gasteiger partial charge in [-0.1, -0.05) is 22.0 Å². The Balaban J connectivity index is 2.25. The number of halogens is 1. The van der Waals surface area contributed by atoms with Gasteiger partial charge in [0.05, 0.1) is 12.9 Å². The summed E-state index contributed by atoms with van der Waals surface area (Å²) < 4.78 is 6.25. The molecule has 1 N–H and O–H groups in total. The summed E-state index contributed by atoms with van der Waals surface area (Å²) in [4.78, 5) is 0. The number of aliphatic hydroxyl groups excluding tert-OH is 1. The van der Waals surface area contributed by atoms with E-state index in [1.807, 2.05) is 25.1 Å². The molecular formula is C13H15BrO2. The highest BCUT2D eigenvalue weighted by Crippen LogP contribution is 2.29. The van der Waals surface area contributed by atoms with Crippen LogP contribution in [-0.2, 0) is 4.74 Å². The van der Waals surface area contributed by atoms with E-state index < -0.39 is 6.10 Å². The van der Waals surface area contributed by atoms with Crippen molar-refractivity contribution >= 4 is 15.9 Å². The molecular weight excluding hydrogens is 268 g/mol. The first-order valence-corrected chi connectivity index (χ1v) is 6.22. The molecule has 0 saturated heterocycles. The largest absolute Gasteiger partial charge is 0.501 e. The molecule has 1 aromatic rings. The Morgan fingerprint density at radius 1 is 1.38 bits per heavy atom. The van der Waals surface area contributed by atoms with Gasteiger partial charge in [-0.25, -0.2) is 0 Å². The molecule has 0 bridgehead atoms. The van der Waals surface area contributed by atoms with Gasteiger partial charge in [0.2, 0.25) is 0 Å². The maximum atomic E-state index is 10.2. The fourth-order valence-corrected chi connectivity index (χ4v) is 2.55. The number of ether oxygens (including phenoxy) is 1. The summed E-state index contributed by atoms with van der Waals surface area (Å²) in [6, 6.07) is 5.99. The molecule has 1 heterocycles. The van der Waals surface area contributed by atoms with Crippen molar-refractivity contribution in [1.29, 1.82) is 0 Å². The molecule has 0 saturated carbocycles. The Hall–Kier alpha value is -0.800. The molecule has 0 amide bonds. The standard InChI is InChI=1S/C13H15BrO2/c1-9-5-11(7-12(14)6-9)13(15)10-3-2-4-16-8-10/h5-8,13,15H,2-4H2,1H3. The van der Waals surface area contributed by atoms with Crippen LogP contribution in [0.15, 0.2) is 34.5 Å². The third-order valence-corrected chi connectivity index (χ3v) is 3.15. The summed E-state index contributed by atoms with van der Waals surface area (Å²) in [6.45, 7) is 2.78. The van der Waals surface area contributed by atoms with Crippen molar-refractivity contribution in [2.75, 3.05) is 6.61 Å². The van der Waals surface area contributed by atoms with E-state index in [9.17, 15) is 5.11 Å². The van der Waals surface area contributed by atoms with Crippen LogP contribution in [0.3, 0.4) is 0 Å². The minimum Gasteiger partial charge on any atom is -0.501 e. The highest BCUT2D eigenvalue weighted by molar-refractivity contribution is 9.10. The zero-order valence-electron chi connectivity index (χ0n) is 9.24. The van der Waals surface area contributed by atoms with Crippen molar-refractivity contribution in [1.82, 2.24) is 0 Å². The highest BCUT2D eigenvalue weighted by atomic mass is 79.9. The van der Waals surface area contributed by atoms with Crippen molar-refractivity contribution < 1.29 is 9.84 Å². The molecule has 86 valence electrons. The van der Waals surface area contributed by atoms with E-state index in [-0.39, 0.29) is 0 Å². The van der Waals surface area contributed by atoms with Crippen LogP contribution in [0.1, 0.15) is 30.1 Å². The number of aliphatic hydroxyl groups is 1. The summed E-state index contributed by atoms with van der Waals surface area (Å²) >= 11 is 3.44. The Morgan fingerprint density at radius 2 is 2.19 bits per heavy atom. The molecule has 16 heavy (non-hydrogen) atoms. The molecule has 1 aliphatic rings. The molecule has 1 aliphatic heterocycles. The summed E-state index contributed by atoms with van der Waals surface area (Å²) in [7, 11) is 0. The lowest BCUT2D eigenvalue weighted by Gasteiger charge is -2.19. The first kappa shape index (κ1) is 11.7. The fourth-order valence-electron chi connectivity index (χ4n) is 1.92. The van der Waals surface area contributed by atoms with E-state index in [2.05, 4.69) is 15.9 Å². The molecule has 0 spiro atoms. The van der Waals surface area contributed by atoms with E-state index in [4.69, 9.17) is 4.74 Å². The van der Waals surface area contributed by atoms with Gasteiger partial charge >= 0.3 is 0 Å². The van der Waals surface area contributed by atoms with Gasteiger partial charge in [-0.15, -0.1) is 0 Å². The maximum absolute atomic E-state index is 10.2. The summed E-state index contributed by atoms with van der Waals surface area (Å²) in [5.74, 6) is 0. The summed E-state index contributed by atoms with van der Waals surface area (Å²) in [5.41, 5.74) is 3.02. The minimum atomic E-state index is -0.545. The van der Waals surface area contributed by atoms with E-state index >= 15 is 0 Å². The molecule has 2 rings (SSSR count). The van der Waals surface area contributed by atoms with Crippen LogP contribution in [0.5, 0.6) is 0 Å². The van der Waals surface area contributed by atoms with Crippen molar-refractivity contribution in [3.8, 4) is 0 Å². The monoisotopic (exact) mass is 282 g/mol. The van der Waals surface area contributed by atoms with Crippen molar-refractivity contribution in [2.24, 2.45) is 0 Å². The number of hydrogen-bond donors (Lipinski definition) is 1. The molecule has 3 heteroatoms. The van der Waals surface area contributed by atoms with Crippen LogP contribution in [0.2, 0.25) is 0 Å². The van der Waals surface area contributed by atoms with Crippen molar-refractivity contribution in [3.05, 3.63) is 45.6 Å². The molecule has 1 unspecified atom stereocenters. The number of aryl methyl sites for hydroxylation is 1. The summed E-state index contributed by atoms with van der Waals surface area (Å²) in [5, 5.41) is 10.2. The molecule has 0 radical (unpaired) electrons. The predicted octanol–water partition coefficient (Wildman–Crippen LogP) is 3.49. The molecule has 1 atom stereocenters. The Morgan fingerprint density at radius 3 is 2.81 bits per heavy atom. The Kier molecular flexibility index (Phi) is 3.66. The topological polar surface area (TPSA) is 29.5 Å². The van der Waals surface area contributed by atoms with Gasteiger partial charge in [0.1, 0.15) is 6.10 Å². The van der Waals surface area contributed by atoms with E-state index in [1.54, 1.807) is 6.26 Å². The first-order chi connectivity index (χ1) is 7.66. The van der Waals surface area contributed by atoms with Crippen LogP contribution in [0, 0.1) is 6.92 Å². The third-order valence-electron chi connectivity index (χ3n) is 2.69.